The van der Waals surface area contributed by atoms with E-state index in [9.17, 15) is 4.79 Å². The molecule has 1 fully saturated rings. The summed E-state index contributed by atoms with van der Waals surface area (Å²) in [6, 6.07) is 0. The highest BCUT2D eigenvalue weighted by molar-refractivity contribution is 14.0. The topological polar surface area (TPSA) is 57.2 Å². The number of carbonyl (C=O) groups excluding carboxylic acids is 1. The van der Waals surface area contributed by atoms with E-state index < -0.39 is 0 Å². The fourth-order valence-electron chi connectivity index (χ4n) is 1.75. The number of aliphatic imine (C=N–C) groups is 1. The van der Waals surface area contributed by atoms with Crippen LogP contribution in [0.5, 0.6) is 0 Å². The molecular formula is C12H25IN4O2. The van der Waals surface area contributed by atoms with Gasteiger partial charge < -0.3 is 19.9 Å². The van der Waals surface area contributed by atoms with Gasteiger partial charge in [-0.25, -0.2) is 4.99 Å². The second-order valence-electron chi connectivity index (χ2n) is 4.54. The number of hydrogen-bond donors (Lipinski definition) is 1. The molecule has 0 aliphatic carbocycles. The Morgan fingerprint density at radius 2 is 2.00 bits per heavy atom. The normalized spacial score (nSPS) is 15.1. The molecule has 0 bridgehead atoms. The van der Waals surface area contributed by atoms with Crippen molar-refractivity contribution in [3.8, 4) is 0 Å². The van der Waals surface area contributed by atoms with Crippen LogP contribution in [0, 0.1) is 0 Å². The van der Waals surface area contributed by atoms with E-state index in [2.05, 4.69) is 15.2 Å². The molecule has 7 heteroatoms. The molecule has 0 saturated carbocycles. The summed E-state index contributed by atoms with van der Waals surface area (Å²) in [6.07, 6.45) is 2.37. The first-order valence-corrected chi connectivity index (χ1v) is 6.37. The molecule has 1 N–H and O–H groups in total. The third kappa shape index (κ3) is 6.95. The molecule has 1 saturated heterocycles. The van der Waals surface area contributed by atoms with E-state index in [1.165, 1.54) is 12.8 Å². The van der Waals surface area contributed by atoms with Gasteiger partial charge in [0.1, 0.15) is 6.54 Å². The van der Waals surface area contributed by atoms with Crippen LogP contribution >= 0.6 is 24.0 Å². The zero-order valence-electron chi connectivity index (χ0n) is 12.0. The predicted molar refractivity (Wildman–Crippen MR) is 87.1 cm³/mol. The van der Waals surface area contributed by atoms with E-state index in [4.69, 9.17) is 4.74 Å². The molecule has 0 aromatic rings. The minimum Gasteiger partial charge on any atom is -0.383 e. The highest BCUT2D eigenvalue weighted by atomic mass is 127. The van der Waals surface area contributed by atoms with Crippen molar-refractivity contribution in [2.45, 2.75) is 12.8 Å². The number of halogens is 1. The summed E-state index contributed by atoms with van der Waals surface area (Å²) >= 11 is 0. The van der Waals surface area contributed by atoms with Crippen LogP contribution < -0.4 is 5.32 Å². The number of likely N-dealkylation sites (N-methyl/N-ethyl adjacent to an activating group) is 1. The van der Waals surface area contributed by atoms with E-state index >= 15 is 0 Å². The summed E-state index contributed by atoms with van der Waals surface area (Å²) in [5.74, 6) is 0.833. The second kappa shape index (κ2) is 10.2. The van der Waals surface area contributed by atoms with Crippen molar-refractivity contribution in [3.05, 3.63) is 0 Å². The zero-order valence-corrected chi connectivity index (χ0v) is 14.3. The number of guanidine groups is 1. The summed E-state index contributed by atoms with van der Waals surface area (Å²) < 4.78 is 5.01. The molecule has 0 aromatic heterocycles. The van der Waals surface area contributed by atoms with Crippen LogP contribution in [-0.4, -0.2) is 75.7 Å². The summed E-state index contributed by atoms with van der Waals surface area (Å²) in [6.45, 7) is 3.55. The fourth-order valence-corrected chi connectivity index (χ4v) is 1.75. The van der Waals surface area contributed by atoms with Gasteiger partial charge in [0, 0.05) is 40.8 Å². The summed E-state index contributed by atoms with van der Waals surface area (Å²) in [7, 11) is 5.15. The number of hydrogen-bond acceptors (Lipinski definition) is 3. The van der Waals surface area contributed by atoms with E-state index in [-0.39, 0.29) is 36.4 Å². The Morgan fingerprint density at radius 1 is 1.37 bits per heavy atom. The van der Waals surface area contributed by atoms with Gasteiger partial charge in [-0.05, 0) is 12.8 Å². The van der Waals surface area contributed by atoms with Crippen molar-refractivity contribution in [3.63, 3.8) is 0 Å². The van der Waals surface area contributed by atoms with Crippen LogP contribution in [0.1, 0.15) is 12.8 Å². The first-order valence-electron chi connectivity index (χ1n) is 6.37. The SMILES string of the molecule is COCCNC(=NCC(=O)N(C)C)N1CCCC1.I. The first kappa shape index (κ1) is 18.4. The highest BCUT2D eigenvalue weighted by Crippen LogP contribution is 2.07. The van der Waals surface area contributed by atoms with Crippen molar-refractivity contribution in [1.29, 1.82) is 0 Å². The summed E-state index contributed by atoms with van der Waals surface area (Å²) in [5.41, 5.74) is 0. The number of methoxy groups -OCH3 is 1. The Kier molecular flexibility index (Phi) is 9.94. The lowest BCUT2D eigenvalue weighted by atomic mass is 10.4. The molecule has 1 rings (SSSR count). The van der Waals surface area contributed by atoms with E-state index in [1.54, 1.807) is 26.1 Å². The zero-order chi connectivity index (χ0) is 13.4. The van der Waals surface area contributed by atoms with Crippen molar-refractivity contribution < 1.29 is 9.53 Å². The van der Waals surface area contributed by atoms with Crippen LogP contribution in [0.25, 0.3) is 0 Å². The molecule has 112 valence electrons. The van der Waals surface area contributed by atoms with E-state index in [0.29, 0.717) is 13.2 Å². The molecule has 0 atom stereocenters. The molecule has 0 unspecified atom stereocenters. The quantitative estimate of drug-likeness (QED) is 0.322. The third-order valence-electron chi connectivity index (χ3n) is 2.86. The number of likely N-dealkylation sites (tertiary alicyclic amines) is 1. The van der Waals surface area contributed by atoms with Gasteiger partial charge in [-0.1, -0.05) is 0 Å². The number of nitrogens with zero attached hydrogens (tertiary/aromatic N) is 3. The standard InChI is InChI=1S/C12H24N4O2.HI/c1-15(2)11(17)10-14-12(13-6-9-18-3)16-7-4-5-8-16;/h4-10H2,1-3H3,(H,13,14);1H. The van der Waals surface area contributed by atoms with Crippen molar-refractivity contribution in [2.75, 3.05) is 54.0 Å². The van der Waals surface area contributed by atoms with Gasteiger partial charge in [-0.3, -0.25) is 4.79 Å². The largest absolute Gasteiger partial charge is 0.383 e. The van der Waals surface area contributed by atoms with Gasteiger partial charge in [0.2, 0.25) is 5.91 Å². The Bertz CT molecular complexity index is 291. The van der Waals surface area contributed by atoms with E-state index in [0.717, 1.165) is 19.0 Å². The molecule has 1 aliphatic heterocycles. The average Bonchev–Trinajstić information content (AvgIpc) is 2.86. The third-order valence-corrected chi connectivity index (χ3v) is 2.86. The Balaban J connectivity index is 0.00000324. The molecule has 6 nitrogen and oxygen atoms in total. The average molecular weight is 384 g/mol. The molecule has 0 aromatic carbocycles. The minimum atomic E-state index is 0. The first-order chi connectivity index (χ1) is 8.65. The molecular weight excluding hydrogens is 359 g/mol. The molecule has 1 heterocycles. The minimum absolute atomic E-state index is 0. The summed E-state index contributed by atoms with van der Waals surface area (Å²) in [5, 5.41) is 3.24. The molecule has 1 amide bonds. The maximum Gasteiger partial charge on any atom is 0.243 e. The van der Waals surface area contributed by atoms with Gasteiger partial charge in [-0.15, -0.1) is 24.0 Å². The molecule has 1 aliphatic rings. The van der Waals surface area contributed by atoms with Crippen molar-refractivity contribution in [1.82, 2.24) is 15.1 Å². The molecule has 0 spiro atoms. The smallest absolute Gasteiger partial charge is 0.243 e. The van der Waals surface area contributed by atoms with Gasteiger partial charge >= 0.3 is 0 Å². The fraction of sp³-hybridized carbons (Fsp3) is 0.833. The number of carbonyl (C=O) groups is 1. The van der Waals surface area contributed by atoms with Crippen molar-refractivity contribution in [2.24, 2.45) is 4.99 Å². The summed E-state index contributed by atoms with van der Waals surface area (Å²) in [4.78, 5) is 19.7. The van der Waals surface area contributed by atoms with Crippen LogP contribution in [0.4, 0.5) is 0 Å². The van der Waals surface area contributed by atoms with Crippen molar-refractivity contribution >= 4 is 35.8 Å². The Morgan fingerprint density at radius 3 is 2.53 bits per heavy atom. The van der Waals surface area contributed by atoms with Gasteiger partial charge in [-0.2, -0.15) is 0 Å². The highest BCUT2D eigenvalue weighted by Gasteiger charge is 2.16. The maximum atomic E-state index is 11.5. The van der Waals surface area contributed by atoms with Gasteiger partial charge in [0.25, 0.3) is 0 Å². The van der Waals surface area contributed by atoms with Gasteiger partial charge in [0.15, 0.2) is 5.96 Å². The number of nitrogens with one attached hydrogen (secondary N) is 1. The maximum absolute atomic E-state index is 11.5. The monoisotopic (exact) mass is 384 g/mol. The molecule has 0 radical (unpaired) electrons. The molecule has 19 heavy (non-hydrogen) atoms. The van der Waals surface area contributed by atoms with Crippen LogP contribution in [0.3, 0.4) is 0 Å². The Hall–Kier alpha value is -0.570. The van der Waals surface area contributed by atoms with E-state index in [1.807, 2.05) is 0 Å². The second-order valence-corrected chi connectivity index (χ2v) is 4.54. The van der Waals surface area contributed by atoms with Crippen LogP contribution in [0.2, 0.25) is 0 Å². The van der Waals surface area contributed by atoms with Crippen LogP contribution in [0.15, 0.2) is 4.99 Å². The van der Waals surface area contributed by atoms with Gasteiger partial charge in [0.05, 0.1) is 6.61 Å². The lowest BCUT2D eigenvalue weighted by Gasteiger charge is -2.21. The van der Waals surface area contributed by atoms with Crippen LogP contribution in [-0.2, 0) is 9.53 Å². The number of ether oxygens (including phenoxy) is 1. The number of rotatable bonds is 5. The predicted octanol–water partition coefficient (Wildman–Crippen LogP) is 0.380. The number of amides is 1. The lowest BCUT2D eigenvalue weighted by Crippen LogP contribution is -2.41. The lowest BCUT2D eigenvalue weighted by molar-refractivity contribution is -0.127. The Labute approximate surface area is 132 Å².